The molecule has 0 aromatic carbocycles. The third-order valence-electron chi connectivity index (χ3n) is 4.18. The molecule has 0 spiro atoms. The Morgan fingerprint density at radius 2 is 2.19 bits per heavy atom. The minimum Gasteiger partial charge on any atom is -0.352 e. The van der Waals surface area contributed by atoms with Crippen LogP contribution in [0.25, 0.3) is 0 Å². The van der Waals surface area contributed by atoms with Gasteiger partial charge in [-0.05, 0) is 19.3 Å². The fourth-order valence-electron chi connectivity index (χ4n) is 2.85. The van der Waals surface area contributed by atoms with E-state index >= 15 is 0 Å². The largest absolute Gasteiger partial charge is 0.352 e. The van der Waals surface area contributed by atoms with Gasteiger partial charge < -0.3 is 5.32 Å². The molecule has 2 aliphatic rings. The van der Waals surface area contributed by atoms with Crippen LogP contribution in [0.3, 0.4) is 0 Å². The summed E-state index contributed by atoms with van der Waals surface area (Å²) < 4.78 is 0. The molecule has 3 rings (SSSR count). The Morgan fingerprint density at radius 1 is 1.43 bits per heavy atom. The summed E-state index contributed by atoms with van der Waals surface area (Å²) in [7, 11) is 0. The second-order valence-corrected chi connectivity index (χ2v) is 8.21. The van der Waals surface area contributed by atoms with E-state index in [1.807, 2.05) is 5.38 Å². The lowest BCUT2D eigenvalue weighted by Gasteiger charge is -2.15. The highest BCUT2D eigenvalue weighted by atomic mass is 32.1. The molecule has 0 bridgehead atoms. The number of amides is 1. The van der Waals surface area contributed by atoms with Crippen molar-refractivity contribution < 1.29 is 4.79 Å². The topological polar surface area (TPSA) is 45.2 Å². The number of thiazole rings is 1. The second kappa shape index (κ2) is 5.69. The van der Waals surface area contributed by atoms with Gasteiger partial charge in [-0.2, -0.15) is 0 Å². The van der Waals surface area contributed by atoms with E-state index in [-0.39, 0.29) is 11.3 Å². The number of aromatic nitrogens is 1. The van der Waals surface area contributed by atoms with E-state index in [1.54, 1.807) is 11.3 Å². The van der Waals surface area contributed by atoms with Crippen LogP contribution in [0, 0.1) is 0 Å². The number of nitrogens with one attached hydrogen (secondary N) is 1. The third-order valence-corrected chi connectivity index (χ3v) is 5.50. The Balaban J connectivity index is 1.49. The second-order valence-electron chi connectivity index (χ2n) is 7.35. The number of hydrogen-bond donors (Lipinski definition) is 1. The standard InChI is InChI=1S/C16H25N3OS/c1-16(2,3)15-18-12(10-21-15)8-14(20)17-11-6-7-19(9-11)13-4-5-13/h10-11,13H,4-9H2,1-3H3,(H,17,20)/t11-/m0/s1. The molecule has 21 heavy (non-hydrogen) atoms. The molecule has 1 saturated carbocycles. The van der Waals surface area contributed by atoms with Crippen LogP contribution in [0.4, 0.5) is 0 Å². The van der Waals surface area contributed by atoms with E-state index in [4.69, 9.17) is 0 Å². The lowest BCUT2D eigenvalue weighted by molar-refractivity contribution is -0.121. The summed E-state index contributed by atoms with van der Waals surface area (Å²) >= 11 is 1.65. The van der Waals surface area contributed by atoms with E-state index in [1.165, 1.54) is 12.8 Å². The fourth-order valence-corrected chi connectivity index (χ4v) is 3.76. The van der Waals surface area contributed by atoms with Gasteiger partial charge in [0.25, 0.3) is 0 Å². The molecule has 4 nitrogen and oxygen atoms in total. The number of carbonyl (C=O) groups excluding carboxylic acids is 1. The maximum absolute atomic E-state index is 12.2. The average Bonchev–Trinajstić information content (AvgIpc) is 2.94. The van der Waals surface area contributed by atoms with Gasteiger partial charge >= 0.3 is 0 Å². The summed E-state index contributed by atoms with van der Waals surface area (Å²) in [4.78, 5) is 19.3. The summed E-state index contributed by atoms with van der Waals surface area (Å²) in [6.07, 6.45) is 4.18. The zero-order valence-electron chi connectivity index (χ0n) is 13.2. The lowest BCUT2D eigenvalue weighted by Crippen LogP contribution is -2.38. The molecule has 116 valence electrons. The molecule has 2 heterocycles. The Hall–Kier alpha value is -0.940. The van der Waals surface area contributed by atoms with Gasteiger partial charge in [-0.3, -0.25) is 9.69 Å². The highest BCUT2D eigenvalue weighted by Gasteiger charge is 2.34. The highest BCUT2D eigenvalue weighted by Crippen LogP contribution is 2.30. The Bertz CT molecular complexity index is 516. The van der Waals surface area contributed by atoms with Crippen molar-refractivity contribution in [3.8, 4) is 0 Å². The lowest BCUT2D eigenvalue weighted by atomic mass is 9.98. The first kappa shape index (κ1) is 15.0. The number of nitrogens with zero attached hydrogens (tertiary/aromatic N) is 2. The SMILES string of the molecule is CC(C)(C)c1nc(CC(=O)N[C@H]2CCN(C3CC3)C2)cs1. The predicted molar refractivity (Wildman–Crippen MR) is 85.7 cm³/mol. The molecule has 1 amide bonds. The van der Waals surface area contributed by atoms with Gasteiger partial charge in [0.2, 0.25) is 5.91 Å². The minimum absolute atomic E-state index is 0.0651. The number of likely N-dealkylation sites (tertiary alicyclic amines) is 1. The van der Waals surface area contributed by atoms with Crippen molar-refractivity contribution in [2.75, 3.05) is 13.1 Å². The molecule has 1 saturated heterocycles. The van der Waals surface area contributed by atoms with Crippen LogP contribution in [0.2, 0.25) is 0 Å². The fraction of sp³-hybridized carbons (Fsp3) is 0.750. The first-order chi connectivity index (χ1) is 9.91. The van der Waals surface area contributed by atoms with Crippen LogP contribution in [0.1, 0.15) is 50.7 Å². The van der Waals surface area contributed by atoms with Gasteiger partial charge in [0.1, 0.15) is 0 Å². The van der Waals surface area contributed by atoms with Crippen molar-refractivity contribution in [3.05, 3.63) is 16.1 Å². The molecule has 1 atom stereocenters. The van der Waals surface area contributed by atoms with E-state index in [0.717, 1.165) is 36.3 Å². The molecule has 1 aromatic rings. The molecule has 2 fully saturated rings. The van der Waals surface area contributed by atoms with E-state index in [9.17, 15) is 4.79 Å². The Kier molecular flexibility index (Phi) is 4.06. The zero-order valence-corrected chi connectivity index (χ0v) is 14.0. The molecule has 0 unspecified atom stereocenters. The van der Waals surface area contributed by atoms with E-state index in [0.29, 0.717) is 12.5 Å². The number of carbonyl (C=O) groups is 1. The predicted octanol–water partition coefficient (Wildman–Crippen LogP) is 2.34. The van der Waals surface area contributed by atoms with Crippen molar-refractivity contribution in [3.63, 3.8) is 0 Å². The summed E-state index contributed by atoms with van der Waals surface area (Å²) in [5.41, 5.74) is 0.967. The summed E-state index contributed by atoms with van der Waals surface area (Å²) in [5.74, 6) is 0.114. The molecule has 1 aromatic heterocycles. The van der Waals surface area contributed by atoms with E-state index < -0.39 is 0 Å². The van der Waals surface area contributed by atoms with Crippen LogP contribution in [-0.2, 0) is 16.6 Å². The average molecular weight is 307 g/mol. The smallest absolute Gasteiger partial charge is 0.226 e. The van der Waals surface area contributed by atoms with Gasteiger partial charge in [0, 0.05) is 36.0 Å². The van der Waals surface area contributed by atoms with Gasteiger partial charge in [-0.15, -0.1) is 11.3 Å². The molecule has 5 heteroatoms. The maximum atomic E-state index is 12.2. The Labute approximate surface area is 130 Å². The highest BCUT2D eigenvalue weighted by molar-refractivity contribution is 7.09. The first-order valence-corrected chi connectivity index (χ1v) is 8.78. The molecular weight excluding hydrogens is 282 g/mol. The van der Waals surface area contributed by atoms with Crippen LogP contribution >= 0.6 is 11.3 Å². The number of rotatable bonds is 4. The molecule has 1 aliphatic heterocycles. The van der Waals surface area contributed by atoms with Gasteiger partial charge in [0.15, 0.2) is 0 Å². The monoisotopic (exact) mass is 307 g/mol. The minimum atomic E-state index is 0.0651. The van der Waals surface area contributed by atoms with Crippen LogP contribution in [0.15, 0.2) is 5.38 Å². The van der Waals surface area contributed by atoms with Crippen molar-refractivity contribution in [2.45, 2.75) is 64.0 Å². The molecular formula is C16H25N3OS. The van der Waals surface area contributed by atoms with E-state index in [2.05, 4.69) is 36.0 Å². The van der Waals surface area contributed by atoms with Gasteiger partial charge in [-0.25, -0.2) is 4.98 Å². The summed E-state index contributed by atoms with van der Waals surface area (Å²) in [6, 6.07) is 1.14. The summed E-state index contributed by atoms with van der Waals surface area (Å²) in [5, 5.41) is 6.29. The zero-order chi connectivity index (χ0) is 15.0. The molecule has 1 aliphatic carbocycles. The third kappa shape index (κ3) is 3.83. The van der Waals surface area contributed by atoms with Gasteiger partial charge in [0.05, 0.1) is 17.1 Å². The Morgan fingerprint density at radius 3 is 2.81 bits per heavy atom. The summed E-state index contributed by atoms with van der Waals surface area (Å²) in [6.45, 7) is 8.63. The quantitative estimate of drug-likeness (QED) is 0.928. The van der Waals surface area contributed by atoms with Crippen LogP contribution in [0.5, 0.6) is 0 Å². The van der Waals surface area contributed by atoms with Crippen molar-refractivity contribution in [1.82, 2.24) is 15.2 Å². The molecule has 0 radical (unpaired) electrons. The van der Waals surface area contributed by atoms with Gasteiger partial charge in [-0.1, -0.05) is 20.8 Å². The van der Waals surface area contributed by atoms with Crippen molar-refractivity contribution in [1.29, 1.82) is 0 Å². The normalized spacial score (nSPS) is 23.5. The maximum Gasteiger partial charge on any atom is 0.226 e. The number of hydrogen-bond acceptors (Lipinski definition) is 4. The first-order valence-electron chi connectivity index (χ1n) is 7.90. The van der Waals surface area contributed by atoms with Crippen molar-refractivity contribution >= 4 is 17.2 Å². The van der Waals surface area contributed by atoms with Crippen molar-refractivity contribution in [2.24, 2.45) is 0 Å². The van der Waals surface area contributed by atoms with Crippen LogP contribution < -0.4 is 5.32 Å². The molecule has 1 N–H and O–H groups in total. The van der Waals surface area contributed by atoms with Crippen LogP contribution in [-0.4, -0.2) is 41.0 Å².